The third-order valence-corrected chi connectivity index (χ3v) is 6.54. The lowest BCUT2D eigenvalue weighted by atomic mass is 9.81. The summed E-state index contributed by atoms with van der Waals surface area (Å²) in [5.41, 5.74) is 9.30. The molecule has 0 bridgehead atoms. The minimum absolute atomic E-state index is 0.282. The number of nitrogens with two attached hydrogens (primary N) is 1. The van der Waals surface area contributed by atoms with E-state index in [2.05, 4.69) is 6.07 Å². The van der Waals surface area contributed by atoms with Crippen LogP contribution in [0, 0.1) is 0 Å². The van der Waals surface area contributed by atoms with Crippen LogP contribution in [0.15, 0.2) is 72.8 Å². The summed E-state index contributed by atoms with van der Waals surface area (Å²) >= 11 is 0. The van der Waals surface area contributed by atoms with Gasteiger partial charge in [-0.15, -0.1) is 0 Å². The van der Waals surface area contributed by atoms with Crippen molar-refractivity contribution < 1.29 is 19.2 Å². The fourth-order valence-electron chi connectivity index (χ4n) is 4.96. The Morgan fingerprint density at radius 3 is 2.56 bits per heavy atom. The Morgan fingerprint density at radius 1 is 1.06 bits per heavy atom. The van der Waals surface area contributed by atoms with Gasteiger partial charge in [-0.1, -0.05) is 71.8 Å². The molecule has 34 heavy (non-hydrogen) atoms. The number of likely N-dealkylation sites (N-methyl/N-ethyl adjacent to an activating group) is 1. The fraction of sp³-hybridized carbons (Fsp3) is 0.259. The van der Waals surface area contributed by atoms with Crippen molar-refractivity contribution in [3.8, 4) is 16.9 Å². The van der Waals surface area contributed by atoms with Crippen LogP contribution in [0.4, 0.5) is 0 Å². The van der Waals surface area contributed by atoms with Crippen molar-refractivity contribution >= 4 is 11.9 Å². The molecule has 0 spiro atoms. The average Bonchev–Trinajstić information content (AvgIpc) is 3.05. The number of carbonyl (C=O) groups excluding carboxylic acids is 2. The lowest BCUT2D eigenvalue weighted by Gasteiger charge is -2.35. The zero-order valence-electron chi connectivity index (χ0n) is 19.2. The molecule has 1 saturated heterocycles. The quantitative estimate of drug-likeness (QED) is 0.646. The monoisotopic (exact) mass is 457 g/mol. The van der Waals surface area contributed by atoms with E-state index in [0.29, 0.717) is 17.7 Å². The first-order valence-corrected chi connectivity index (χ1v) is 11.4. The smallest absolute Gasteiger partial charge is 0.322 e. The van der Waals surface area contributed by atoms with Crippen molar-refractivity contribution in [2.24, 2.45) is 5.73 Å². The van der Waals surface area contributed by atoms with Crippen LogP contribution in [0.3, 0.4) is 0 Å². The number of hydroxylamine groups is 2. The molecule has 1 fully saturated rings. The molecule has 2 aliphatic heterocycles. The van der Waals surface area contributed by atoms with E-state index >= 15 is 0 Å². The van der Waals surface area contributed by atoms with Gasteiger partial charge in [0.25, 0.3) is 5.91 Å². The van der Waals surface area contributed by atoms with Crippen molar-refractivity contribution in [2.45, 2.75) is 31.6 Å². The van der Waals surface area contributed by atoms with E-state index in [-0.39, 0.29) is 5.91 Å². The zero-order valence-corrected chi connectivity index (χ0v) is 19.2. The van der Waals surface area contributed by atoms with Gasteiger partial charge in [-0.05, 0) is 41.2 Å². The van der Waals surface area contributed by atoms with Crippen LogP contribution in [0.2, 0.25) is 0 Å². The lowest BCUT2D eigenvalue weighted by molar-refractivity contribution is -0.221. The second-order valence-corrected chi connectivity index (χ2v) is 8.64. The molecule has 0 aromatic heterocycles. The summed E-state index contributed by atoms with van der Waals surface area (Å²) in [7, 11) is 1.61. The van der Waals surface area contributed by atoms with E-state index in [4.69, 9.17) is 15.3 Å². The van der Waals surface area contributed by atoms with Crippen LogP contribution in [0.5, 0.6) is 5.75 Å². The Kier molecular flexibility index (Phi) is 5.59. The number of hydrogen-bond donors (Lipinski definition) is 1. The zero-order chi connectivity index (χ0) is 23.9. The van der Waals surface area contributed by atoms with Gasteiger partial charge in [0.2, 0.25) is 0 Å². The number of fused-ring (bicyclic) bond motifs is 1. The molecule has 3 aromatic rings. The molecule has 2 unspecified atom stereocenters. The number of benzene rings is 3. The van der Waals surface area contributed by atoms with E-state index in [1.165, 1.54) is 22.5 Å². The maximum Gasteiger partial charge on any atom is 0.322 e. The van der Waals surface area contributed by atoms with Gasteiger partial charge in [0.15, 0.2) is 11.8 Å². The van der Waals surface area contributed by atoms with Crippen LogP contribution in [-0.4, -0.2) is 41.8 Å². The van der Waals surface area contributed by atoms with Crippen molar-refractivity contribution in [1.29, 1.82) is 0 Å². The number of ether oxygens (including phenoxy) is 1. The van der Waals surface area contributed by atoms with Crippen LogP contribution >= 0.6 is 0 Å². The van der Waals surface area contributed by atoms with E-state index in [0.717, 1.165) is 29.7 Å². The number of nitrogens with zero attached hydrogens (tertiary/aromatic N) is 2. The summed E-state index contributed by atoms with van der Waals surface area (Å²) in [5.74, 6) is 0.0413. The van der Waals surface area contributed by atoms with Gasteiger partial charge in [-0.3, -0.25) is 15.3 Å². The number of carbonyl (C=O) groups is 2. The summed E-state index contributed by atoms with van der Waals surface area (Å²) in [6, 6.07) is 23.1. The van der Waals surface area contributed by atoms with Crippen molar-refractivity contribution in [3.05, 3.63) is 89.5 Å². The number of para-hydroxylation sites is 1. The third-order valence-electron chi connectivity index (χ3n) is 6.54. The minimum atomic E-state index is -1.44. The Morgan fingerprint density at radius 2 is 1.79 bits per heavy atom. The number of aryl methyl sites for hydroxylation is 1. The summed E-state index contributed by atoms with van der Waals surface area (Å²) in [5, 5.41) is 1.31. The molecule has 2 heterocycles. The van der Waals surface area contributed by atoms with Gasteiger partial charge in [-0.2, -0.15) is 0 Å². The number of hydrogen-bond acceptors (Lipinski definition) is 6. The molecule has 1 amide bonds. The first-order chi connectivity index (χ1) is 16.4. The van der Waals surface area contributed by atoms with Gasteiger partial charge < -0.3 is 14.5 Å². The molecular formula is C27H27N3O4. The number of amides is 1. The standard InChI is InChI=1S/C27H27N3O4/c1-18(31)34-30-26(28)29(2)25(32)27(30,21-12-4-3-5-13-21)22-14-6-10-20(17-22)23-15-7-9-19-11-8-16-33-24(19)23/h3-7,9-10,12-15,17,26H,8,11,16,28H2,1-2H3. The molecule has 0 saturated carbocycles. The molecular weight excluding hydrogens is 430 g/mol. The highest BCUT2D eigenvalue weighted by Crippen LogP contribution is 2.45. The third kappa shape index (κ3) is 3.36. The Labute approximate surface area is 198 Å². The molecule has 0 aliphatic carbocycles. The number of rotatable bonds is 4. The molecule has 3 aromatic carbocycles. The van der Waals surface area contributed by atoms with E-state index in [9.17, 15) is 9.59 Å². The van der Waals surface area contributed by atoms with Crippen molar-refractivity contribution in [1.82, 2.24) is 9.96 Å². The predicted molar refractivity (Wildman–Crippen MR) is 127 cm³/mol. The van der Waals surface area contributed by atoms with Crippen LogP contribution < -0.4 is 10.5 Å². The molecule has 174 valence electrons. The summed E-state index contributed by atoms with van der Waals surface area (Å²) in [4.78, 5) is 33.0. The van der Waals surface area contributed by atoms with Crippen molar-refractivity contribution in [3.63, 3.8) is 0 Å². The molecule has 7 nitrogen and oxygen atoms in total. The van der Waals surface area contributed by atoms with Crippen LogP contribution in [0.1, 0.15) is 30.0 Å². The summed E-state index contributed by atoms with van der Waals surface area (Å²) in [6.45, 7) is 1.98. The first kappa shape index (κ1) is 22.1. The maximum atomic E-state index is 13.9. The van der Waals surface area contributed by atoms with E-state index < -0.39 is 17.8 Å². The normalized spacial score (nSPS) is 22.3. The second kappa shape index (κ2) is 8.59. The highest BCUT2D eigenvalue weighted by atomic mass is 16.7. The Hall–Kier alpha value is -3.68. The minimum Gasteiger partial charge on any atom is -0.493 e. The molecule has 2 atom stereocenters. The highest BCUT2D eigenvalue weighted by Gasteiger charge is 2.60. The second-order valence-electron chi connectivity index (χ2n) is 8.64. The van der Waals surface area contributed by atoms with Crippen LogP contribution in [0.25, 0.3) is 11.1 Å². The van der Waals surface area contributed by atoms with Gasteiger partial charge >= 0.3 is 5.97 Å². The molecule has 5 rings (SSSR count). The van der Waals surface area contributed by atoms with Gasteiger partial charge in [0.1, 0.15) is 5.75 Å². The molecule has 0 radical (unpaired) electrons. The highest BCUT2D eigenvalue weighted by molar-refractivity contribution is 5.94. The lowest BCUT2D eigenvalue weighted by Crippen LogP contribution is -2.52. The Bertz CT molecular complexity index is 1250. The summed E-state index contributed by atoms with van der Waals surface area (Å²) in [6.07, 6.45) is 1.01. The van der Waals surface area contributed by atoms with Gasteiger partial charge in [0, 0.05) is 19.5 Å². The van der Waals surface area contributed by atoms with Crippen molar-refractivity contribution in [2.75, 3.05) is 13.7 Å². The summed E-state index contributed by atoms with van der Waals surface area (Å²) < 4.78 is 6.04. The van der Waals surface area contributed by atoms with Gasteiger partial charge in [0.05, 0.1) is 6.61 Å². The topological polar surface area (TPSA) is 85.1 Å². The largest absolute Gasteiger partial charge is 0.493 e. The average molecular weight is 458 g/mol. The predicted octanol–water partition coefficient (Wildman–Crippen LogP) is 3.42. The Balaban J connectivity index is 1.74. The maximum absolute atomic E-state index is 13.9. The fourth-order valence-corrected chi connectivity index (χ4v) is 4.96. The first-order valence-electron chi connectivity index (χ1n) is 11.4. The van der Waals surface area contributed by atoms with Gasteiger partial charge in [-0.25, -0.2) is 0 Å². The van der Waals surface area contributed by atoms with E-state index in [1.807, 2.05) is 66.7 Å². The molecule has 2 N–H and O–H groups in total. The van der Waals surface area contributed by atoms with Crippen LogP contribution in [-0.2, 0) is 26.4 Å². The SMILES string of the molecule is CC(=O)ON1C(N)N(C)C(=O)C1(c1ccccc1)c1cccc(-c2cccc3c2OCCC3)c1. The molecule has 7 heteroatoms. The van der Waals surface area contributed by atoms with E-state index in [1.54, 1.807) is 7.05 Å². The molecule has 2 aliphatic rings.